The molecule has 11 heteroatoms. The van der Waals surface area contributed by atoms with Crippen molar-refractivity contribution in [1.29, 1.82) is 0 Å². The van der Waals surface area contributed by atoms with Gasteiger partial charge in [-0.25, -0.2) is 9.29 Å². The van der Waals surface area contributed by atoms with E-state index in [1.807, 2.05) is 0 Å². The largest absolute Gasteiger partial charge is 0.493 e. The van der Waals surface area contributed by atoms with Crippen LogP contribution in [0.4, 0.5) is 10.1 Å². The summed E-state index contributed by atoms with van der Waals surface area (Å²) in [6.07, 6.45) is 1.36. The van der Waals surface area contributed by atoms with E-state index in [2.05, 4.69) is 21.2 Å². The number of nitrogens with zero attached hydrogens (tertiary/aromatic N) is 1. The first kappa shape index (κ1) is 26.1. The fourth-order valence-corrected chi connectivity index (χ4v) is 4.57. The number of benzene rings is 3. The average Bonchev–Trinajstić information content (AvgIpc) is 2.83. The van der Waals surface area contributed by atoms with Gasteiger partial charge in [-0.2, -0.15) is 0 Å². The molecule has 2 amide bonds. The molecule has 0 aliphatic carbocycles. The minimum absolute atomic E-state index is 0.0698. The number of amides is 2. The Morgan fingerprint density at radius 3 is 2.56 bits per heavy atom. The summed E-state index contributed by atoms with van der Waals surface area (Å²) >= 11 is 20.7. The van der Waals surface area contributed by atoms with E-state index in [0.717, 1.165) is 10.5 Å². The molecule has 1 heterocycles. The van der Waals surface area contributed by atoms with E-state index in [0.29, 0.717) is 31.6 Å². The van der Waals surface area contributed by atoms with Gasteiger partial charge in [0.25, 0.3) is 11.8 Å². The maximum Gasteiger partial charge on any atom is 0.270 e. The van der Waals surface area contributed by atoms with Crippen LogP contribution in [0.25, 0.3) is 6.08 Å². The van der Waals surface area contributed by atoms with Crippen LogP contribution < -0.4 is 19.7 Å². The highest BCUT2D eigenvalue weighted by Crippen LogP contribution is 2.36. The highest BCUT2D eigenvalue weighted by atomic mass is 79.9. The molecule has 0 atom stereocenters. The van der Waals surface area contributed by atoms with Crippen LogP contribution in [-0.4, -0.2) is 24.0 Å². The third kappa shape index (κ3) is 5.39. The van der Waals surface area contributed by atoms with Gasteiger partial charge in [0.1, 0.15) is 18.0 Å². The SMILES string of the molecule is COc1cc(/C=C2\C(=O)NC(=S)N(c3ccccc3F)C2=O)c(Br)cc1OCc1ccc(Cl)cc1Cl. The van der Waals surface area contributed by atoms with Gasteiger partial charge in [-0.3, -0.25) is 14.9 Å². The maximum atomic E-state index is 14.4. The Balaban J connectivity index is 1.65. The lowest BCUT2D eigenvalue weighted by atomic mass is 10.1. The molecule has 0 saturated carbocycles. The zero-order valence-corrected chi connectivity index (χ0v) is 22.4. The van der Waals surface area contributed by atoms with Gasteiger partial charge in [0.05, 0.1) is 12.8 Å². The third-order valence-corrected chi connectivity index (χ3v) is 6.73. The topological polar surface area (TPSA) is 67.9 Å². The van der Waals surface area contributed by atoms with E-state index in [4.69, 9.17) is 44.9 Å². The smallest absolute Gasteiger partial charge is 0.270 e. The summed E-state index contributed by atoms with van der Waals surface area (Å²) in [5.74, 6) is -1.39. The maximum absolute atomic E-state index is 14.4. The molecule has 3 aromatic rings. The number of nitrogens with one attached hydrogen (secondary N) is 1. The van der Waals surface area contributed by atoms with Crippen molar-refractivity contribution in [3.05, 3.63) is 91.6 Å². The minimum atomic E-state index is -0.766. The van der Waals surface area contributed by atoms with Gasteiger partial charge in [0.15, 0.2) is 16.6 Å². The van der Waals surface area contributed by atoms with Crippen LogP contribution in [0.2, 0.25) is 10.0 Å². The van der Waals surface area contributed by atoms with Gasteiger partial charge in [0, 0.05) is 20.1 Å². The number of hydrogen-bond acceptors (Lipinski definition) is 5. The van der Waals surface area contributed by atoms with Gasteiger partial charge < -0.3 is 9.47 Å². The number of thiocarbonyl (C=S) groups is 1. The van der Waals surface area contributed by atoms with E-state index >= 15 is 0 Å². The number of hydrogen-bond donors (Lipinski definition) is 1. The van der Waals surface area contributed by atoms with Gasteiger partial charge in [-0.1, -0.05) is 57.3 Å². The predicted molar refractivity (Wildman–Crippen MR) is 144 cm³/mol. The standard InChI is InChI=1S/C25H16BrCl2FN2O4S/c1-34-21-9-14(17(26)11-22(21)35-12-13-6-7-15(27)10-18(13)28)8-16-23(32)30-25(36)31(24(16)33)20-5-3-2-4-19(20)29/h2-11H,12H2,1H3,(H,30,32,36)/b16-8+. The number of para-hydroxylation sites is 1. The Bertz CT molecular complexity index is 1430. The van der Waals surface area contributed by atoms with Crippen molar-refractivity contribution >= 4 is 80.0 Å². The molecule has 1 N–H and O–H groups in total. The number of ether oxygens (including phenoxy) is 2. The van der Waals surface area contributed by atoms with E-state index in [9.17, 15) is 14.0 Å². The highest BCUT2D eigenvalue weighted by molar-refractivity contribution is 9.10. The van der Waals surface area contributed by atoms with Gasteiger partial charge in [0.2, 0.25) is 0 Å². The van der Waals surface area contributed by atoms with Crippen LogP contribution in [0.1, 0.15) is 11.1 Å². The molecule has 0 unspecified atom stereocenters. The molecule has 0 bridgehead atoms. The van der Waals surface area contributed by atoms with Crippen molar-refractivity contribution in [2.24, 2.45) is 0 Å². The molecule has 6 nitrogen and oxygen atoms in total. The van der Waals surface area contributed by atoms with Gasteiger partial charge in [-0.05, 0) is 60.3 Å². The molecule has 36 heavy (non-hydrogen) atoms. The predicted octanol–water partition coefficient (Wildman–Crippen LogP) is 6.31. The monoisotopic (exact) mass is 608 g/mol. The fraction of sp³-hybridized carbons (Fsp3) is 0.0800. The Morgan fingerprint density at radius 1 is 1.11 bits per heavy atom. The lowest BCUT2D eigenvalue weighted by Crippen LogP contribution is -2.54. The summed E-state index contributed by atoms with van der Waals surface area (Å²) in [6.45, 7) is 0.148. The van der Waals surface area contributed by atoms with Crippen LogP contribution in [0.15, 0.2) is 64.6 Å². The zero-order chi connectivity index (χ0) is 26.0. The number of halogens is 4. The van der Waals surface area contributed by atoms with Crippen LogP contribution in [0.3, 0.4) is 0 Å². The summed E-state index contributed by atoms with van der Waals surface area (Å²) in [5.41, 5.74) is 0.860. The first-order chi connectivity index (χ1) is 17.2. The van der Waals surface area contributed by atoms with Gasteiger partial charge in [-0.15, -0.1) is 0 Å². The number of carbonyl (C=O) groups excluding carboxylic acids is 2. The van der Waals surface area contributed by atoms with E-state index in [-0.39, 0.29) is 23.0 Å². The summed E-state index contributed by atoms with van der Waals surface area (Å²) in [4.78, 5) is 26.8. The Hall–Kier alpha value is -2.98. The molecular formula is C25H16BrCl2FN2O4S. The van der Waals surface area contributed by atoms with Crippen molar-refractivity contribution in [2.45, 2.75) is 6.61 Å². The lowest BCUT2D eigenvalue weighted by Gasteiger charge is -2.29. The van der Waals surface area contributed by atoms with Crippen LogP contribution in [0, 0.1) is 5.82 Å². The molecule has 1 saturated heterocycles. The number of rotatable bonds is 6. The highest BCUT2D eigenvalue weighted by Gasteiger charge is 2.35. The Labute approximate surface area is 229 Å². The van der Waals surface area contributed by atoms with E-state index in [1.54, 1.807) is 36.4 Å². The normalized spacial score (nSPS) is 14.8. The molecule has 184 valence electrons. The van der Waals surface area contributed by atoms with Crippen molar-refractivity contribution in [1.82, 2.24) is 5.32 Å². The Kier molecular flexibility index (Phi) is 7.94. The summed E-state index contributed by atoms with van der Waals surface area (Å²) in [5, 5.41) is 3.19. The second-order valence-corrected chi connectivity index (χ2v) is 9.54. The number of carbonyl (C=O) groups is 2. The second-order valence-electron chi connectivity index (χ2n) is 7.46. The zero-order valence-electron chi connectivity index (χ0n) is 18.5. The summed E-state index contributed by atoms with van der Waals surface area (Å²) < 4.78 is 26.2. The van der Waals surface area contributed by atoms with Crippen molar-refractivity contribution in [2.75, 3.05) is 12.0 Å². The molecule has 0 radical (unpaired) electrons. The van der Waals surface area contributed by atoms with Crippen molar-refractivity contribution in [3.8, 4) is 11.5 Å². The Morgan fingerprint density at radius 2 is 1.86 bits per heavy atom. The molecule has 1 fully saturated rings. The third-order valence-electron chi connectivity index (χ3n) is 5.18. The molecule has 0 aromatic heterocycles. The van der Waals surface area contributed by atoms with Crippen molar-refractivity contribution in [3.63, 3.8) is 0 Å². The average molecular weight is 610 g/mol. The van der Waals surface area contributed by atoms with Crippen LogP contribution in [-0.2, 0) is 16.2 Å². The molecule has 1 aliphatic rings. The summed E-state index contributed by atoms with van der Waals surface area (Å²) in [6, 6.07) is 13.9. The molecule has 0 spiro atoms. The van der Waals surface area contributed by atoms with E-state index in [1.165, 1.54) is 31.4 Å². The molecule has 3 aromatic carbocycles. The summed E-state index contributed by atoms with van der Waals surface area (Å²) in [7, 11) is 1.46. The van der Waals surface area contributed by atoms with Crippen LogP contribution >= 0.6 is 51.3 Å². The van der Waals surface area contributed by atoms with Gasteiger partial charge >= 0.3 is 0 Å². The first-order valence-electron chi connectivity index (χ1n) is 10.3. The fourth-order valence-electron chi connectivity index (χ4n) is 3.39. The molecular weight excluding hydrogens is 594 g/mol. The quantitative estimate of drug-likeness (QED) is 0.201. The van der Waals surface area contributed by atoms with Crippen LogP contribution in [0.5, 0.6) is 11.5 Å². The lowest BCUT2D eigenvalue weighted by molar-refractivity contribution is -0.122. The minimum Gasteiger partial charge on any atom is -0.493 e. The van der Waals surface area contributed by atoms with E-state index < -0.39 is 17.6 Å². The molecule has 1 aliphatic heterocycles. The van der Waals surface area contributed by atoms with Crippen molar-refractivity contribution < 1.29 is 23.5 Å². The number of methoxy groups -OCH3 is 1. The molecule has 4 rings (SSSR count). The first-order valence-corrected chi connectivity index (χ1v) is 12.3. The number of anilines is 1. The second kappa shape index (κ2) is 11.0.